The third kappa shape index (κ3) is 3.01. The number of rotatable bonds is 5. The first-order valence-electron chi connectivity index (χ1n) is 7.72. The van der Waals surface area contributed by atoms with Crippen molar-refractivity contribution in [2.24, 2.45) is 0 Å². The van der Waals surface area contributed by atoms with E-state index >= 15 is 0 Å². The van der Waals surface area contributed by atoms with Crippen molar-refractivity contribution in [1.29, 1.82) is 0 Å². The Bertz CT molecular complexity index is 878. The molecule has 136 valence electrons. The van der Waals surface area contributed by atoms with Gasteiger partial charge in [0.1, 0.15) is 11.8 Å². The number of hydrogen-bond donors (Lipinski definition) is 0. The Balaban J connectivity index is 2.06. The van der Waals surface area contributed by atoms with Gasteiger partial charge in [-0.25, -0.2) is 0 Å². The van der Waals surface area contributed by atoms with Crippen molar-refractivity contribution < 1.29 is 24.0 Å². The van der Waals surface area contributed by atoms with Crippen LogP contribution in [-0.4, -0.2) is 42.3 Å². The molecule has 0 N–H and O–H groups in total. The zero-order valence-electron chi connectivity index (χ0n) is 14.1. The molecule has 0 bridgehead atoms. The van der Waals surface area contributed by atoms with E-state index in [2.05, 4.69) is 0 Å². The van der Waals surface area contributed by atoms with Gasteiger partial charge in [-0.05, 0) is 17.0 Å². The Morgan fingerprint density at radius 2 is 2.04 bits per heavy atom. The molecule has 1 amide bonds. The van der Waals surface area contributed by atoms with Crippen LogP contribution in [0.3, 0.4) is 0 Å². The molecule has 0 saturated heterocycles. The van der Waals surface area contributed by atoms with E-state index < -0.39 is 22.6 Å². The molecule has 1 aromatic heterocycles. The Morgan fingerprint density at radius 1 is 1.35 bits per heavy atom. The van der Waals surface area contributed by atoms with Crippen LogP contribution >= 0.6 is 11.3 Å². The highest BCUT2D eigenvalue weighted by atomic mass is 32.1. The molecule has 0 radical (unpaired) electrons. The van der Waals surface area contributed by atoms with E-state index in [-0.39, 0.29) is 23.6 Å². The molecule has 2 heterocycles. The van der Waals surface area contributed by atoms with Crippen LogP contribution in [0.5, 0.6) is 11.5 Å². The number of fused-ring (bicyclic) bond motifs is 1. The lowest BCUT2D eigenvalue weighted by Crippen LogP contribution is -2.44. The number of benzene rings is 1. The Morgan fingerprint density at radius 3 is 2.65 bits per heavy atom. The van der Waals surface area contributed by atoms with Crippen LogP contribution < -0.4 is 9.47 Å². The van der Waals surface area contributed by atoms with E-state index in [1.165, 1.54) is 36.5 Å². The number of nitro benzene ring substituents is 1. The van der Waals surface area contributed by atoms with Gasteiger partial charge in [0.15, 0.2) is 11.5 Å². The number of carbonyl (C=O) groups is 2. The minimum absolute atomic E-state index is 0.139. The monoisotopic (exact) mass is 376 g/mol. The van der Waals surface area contributed by atoms with Gasteiger partial charge in [0.05, 0.1) is 37.8 Å². The summed E-state index contributed by atoms with van der Waals surface area (Å²) in [7, 11) is 2.74. The SMILES string of the molecule is COc1cc(C(=O)N2Cc3sccc3C[C@H]2C=O)c([N+](=O)[O-])cc1OC. The summed E-state index contributed by atoms with van der Waals surface area (Å²) in [6, 6.07) is 3.70. The smallest absolute Gasteiger partial charge is 0.286 e. The lowest BCUT2D eigenvalue weighted by Gasteiger charge is -2.32. The molecule has 9 heteroatoms. The molecule has 3 rings (SSSR count). The van der Waals surface area contributed by atoms with Gasteiger partial charge in [-0.2, -0.15) is 0 Å². The van der Waals surface area contributed by atoms with Gasteiger partial charge >= 0.3 is 0 Å². The second kappa shape index (κ2) is 7.12. The minimum Gasteiger partial charge on any atom is -0.493 e. The molecule has 8 nitrogen and oxygen atoms in total. The summed E-state index contributed by atoms with van der Waals surface area (Å²) in [6.07, 6.45) is 1.10. The number of aldehydes is 1. The number of carbonyl (C=O) groups excluding carboxylic acids is 2. The first kappa shape index (κ1) is 17.9. The summed E-state index contributed by atoms with van der Waals surface area (Å²) in [6.45, 7) is 0.237. The summed E-state index contributed by atoms with van der Waals surface area (Å²) < 4.78 is 10.2. The topological polar surface area (TPSA) is 99.0 Å². The van der Waals surface area contributed by atoms with E-state index in [9.17, 15) is 19.7 Å². The first-order chi connectivity index (χ1) is 12.5. The number of methoxy groups -OCH3 is 2. The Hall–Kier alpha value is -2.94. The minimum atomic E-state index is -0.669. The molecule has 0 saturated carbocycles. The average Bonchev–Trinajstić information content (AvgIpc) is 3.12. The summed E-state index contributed by atoms with van der Waals surface area (Å²) in [4.78, 5) is 37.7. The van der Waals surface area contributed by atoms with Crippen LogP contribution in [0.25, 0.3) is 0 Å². The molecule has 1 aromatic carbocycles. The van der Waals surface area contributed by atoms with Crippen LogP contribution in [0.4, 0.5) is 5.69 Å². The summed E-state index contributed by atoms with van der Waals surface area (Å²) in [5.74, 6) is -0.228. The van der Waals surface area contributed by atoms with E-state index in [4.69, 9.17) is 9.47 Å². The van der Waals surface area contributed by atoms with E-state index in [1.807, 2.05) is 11.4 Å². The number of nitro groups is 1. The molecule has 1 aliphatic heterocycles. The number of ether oxygens (including phenoxy) is 2. The van der Waals surface area contributed by atoms with Crippen LogP contribution in [0, 0.1) is 10.1 Å². The fourth-order valence-electron chi connectivity index (χ4n) is 2.98. The fourth-order valence-corrected chi connectivity index (χ4v) is 3.90. The zero-order chi connectivity index (χ0) is 18.8. The van der Waals surface area contributed by atoms with Crippen molar-refractivity contribution in [3.63, 3.8) is 0 Å². The van der Waals surface area contributed by atoms with Crippen LogP contribution in [0.15, 0.2) is 23.6 Å². The van der Waals surface area contributed by atoms with E-state index in [1.54, 1.807) is 0 Å². The van der Waals surface area contributed by atoms with Crippen molar-refractivity contribution >= 4 is 29.2 Å². The van der Waals surface area contributed by atoms with Crippen LogP contribution in [-0.2, 0) is 17.8 Å². The average molecular weight is 376 g/mol. The maximum Gasteiger partial charge on any atom is 0.286 e. The molecule has 2 aromatic rings. The first-order valence-corrected chi connectivity index (χ1v) is 8.60. The summed E-state index contributed by atoms with van der Waals surface area (Å²) >= 11 is 1.49. The van der Waals surface area contributed by atoms with Crippen molar-refractivity contribution in [2.75, 3.05) is 14.2 Å². The predicted molar refractivity (Wildman–Crippen MR) is 93.9 cm³/mol. The van der Waals surface area contributed by atoms with Gasteiger partial charge in [0.2, 0.25) is 0 Å². The van der Waals surface area contributed by atoms with Gasteiger partial charge < -0.3 is 19.2 Å². The quantitative estimate of drug-likeness (QED) is 0.451. The second-order valence-corrected chi connectivity index (χ2v) is 6.69. The molecule has 1 aliphatic rings. The summed E-state index contributed by atoms with van der Waals surface area (Å²) in [5.41, 5.74) is 0.492. The number of thiophene rings is 1. The van der Waals surface area contributed by atoms with Gasteiger partial charge in [-0.1, -0.05) is 0 Å². The van der Waals surface area contributed by atoms with E-state index in [0.29, 0.717) is 12.7 Å². The molecule has 26 heavy (non-hydrogen) atoms. The maximum atomic E-state index is 13.1. The molecular formula is C17H16N2O6S. The molecule has 0 aliphatic carbocycles. The van der Waals surface area contributed by atoms with Gasteiger partial charge in [-0.15, -0.1) is 11.3 Å². The van der Waals surface area contributed by atoms with Crippen molar-refractivity contribution in [1.82, 2.24) is 4.90 Å². The number of nitrogens with zero attached hydrogens (tertiary/aromatic N) is 2. The third-order valence-electron chi connectivity index (χ3n) is 4.33. The lowest BCUT2D eigenvalue weighted by molar-refractivity contribution is -0.385. The maximum absolute atomic E-state index is 13.1. The van der Waals surface area contributed by atoms with Crippen molar-refractivity contribution in [2.45, 2.75) is 19.0 Å². The van der Waals surface area contributed by atoms with Crippen LogP contribution in [0.2, 0.25) is 0 Å². The highest BCUT2D eigenvalue weighted by Crippen LogP contribution is 2.36. The van der Waals surface area contributed by atoms with Crippen molar-refractivity contribution in [3.8, 4) is 11.5 Å². The van der Waals surface area contributed by atoms with E-state index in [0.717, 1.165) is 16.5 Å². The predicted octanol–water partition coefficient (Wildman–Crippen LogP) is 2.44. The number of hydrogen-bond acceptors (Lipinski definition) is 7. The Kier molecular flexibility index (Phi) is 4.90. The zero-order valence-corrected chi connectivity index (χ0v) is 14.9. The van der Waals surface area contributed by atoms with Gasteiger partial charge in [0.25, 0.3) is 11.6 Å². The molecule has 1 atom stereocenters. The highest BCUT2D eigenvalue weighted by Gasteiger charge is 2.35. The Labute approximate surface area is 153 Å². The lowest BCUT2D eigenvalue weighted by atomic mass is 9.99. The van der Waals surface area contributed by atoms with Gasteiger partial charge in [0, 0.05) is 17.4 Å². The normalized spacial score (nSPS) is 15.9. The standard InChI is InChI=1S/C17H16N2O6S/c1-24-14-6-12(13(19(22)23)7-15(14)25-2)17(21)18-8-16-10(3-4-26-16)5-11(18)9-20/h3-4,6-7,9,11H,5,8H2,1-2H3/t11-/m0/s1. The third-order valence-corrected chi connectivity index (χ3v) is 5.28. The number of amides is 1. The second-order valence-electron chi connectivity index (χ2n) is 5.69. The van der Waals surface area contributed by atoms with Crippen LogP contribution in [0.1, 0.15) is 20.8 Å². The molecular weight excluding hydrogens is 360 g/mol. The molecule has 0 spiro atoms. The summed E-state index contributed by atoms with van der Waals surface area (Å²) in [5, 5.41) is 13.4. The highest BCUT2D eigenvalue weighted by molar-refractivity contribution is 7.10. The largest absolute Gasteiger partial charge is 0.493 e. The molecule has 0 unspecified atom stereocenters. The van der Waals surface area contributed by atoms with Gasteiger partial charge in [-0.3, -0.25) is 14.9 Å². The molecule has 0 fully saturated rings. The van der Waals surface area contributed by atoms with Crippen molar-refractivity contribution in [3.05, 3.63) is 49.7 Å². The fraction of sp³-hybridized carbons (Fsp3) is 0.294.